The van der Waals surface area contributed by atoms with Crippen molar-refractivity contribution < 1.29 is 4.39 Å². The molecular weight excluding hydrogens is 251 g/mol. The molecule has 2 nitrogen and oxygen atoms in total. The fraction of sp³-hybridized carbons (Fsp3) is 0.286. The monoisotopic (exact) mass is 262 g/mol. The number of hydrogen-bond acceptors (Lipinski definition) is 2. The molecule has 1 fully saturated rings. The van der Waals surface area contributed by atoms with Crippen LogP contribution in [0.3, 0.4) is 0 Å². The zero-order valence-corrected chi connectivity index (χ0v) is 10.7. The molecule has 0 unspecified atom stereocenters. The molecule has 1 heterocycles. The minimum absolute atomic E-state index is 0.276. The van der Waals surface area contributed by atoms with Crippen molar-refractivity contribution >= 4 is 11.6 Å². The van der Waals surface area contributed by atoms with Crippen LogP contribution < -0.4 is 0 Å². The summed E-state index contributed by atoms with van der Waals surface area (Å²) in [5.74, 6) is 0.729. The van der Waals surface area contributed by atoms with Crippen molar-refractivity contribution in [1.29, 1.82) is 0 Å². The number of nitrogens with zero attached hydrogens (tertiary/aromatic N) is 2. The molecule has 1 aromatic carbocycles. The van der Waals surface area contributed by atoms with E-state index in [0.717, 1.165) is 24.1 Å². The molecule has 0 bridgehead atoms. The number of aromatic nitrogens is 2. The Morgan fingerprint density at radius 1 is 1.17 bits per heavy atom. The molecule has 18 heavy (non-hydrogen) atoms. The summed E-state index contributed by atoms with van der Waals surface area (Å²) in [7, 11) is 0. The van der Waals surface area contributed by atoms with Gasteiger partial charge in [-0.1, -0.05) is 11.6 Å². The van der Waals surface area contributed by atoms with Crippen LogP contribution in [0.25, 0.3) is 11.4 Å². The maximum Gasteiger partial charge on any atom is 0.161 e. The van der Waals surface area contributed by atoms with Crippen molar-refractivity contribution in [2.45, 2.75) is 25.7 Å². The molecule has 0 saturated heterocycles. The number of hydrogen-bond donors (Lipinski definition) is 0. The van der Waals surface area contributed by atoms with Crippen LogP contribution in [0.2, 0.25) is 5.15 Å². The first-order valence-corrected chi connectivity index (χ1v) is 6.31. The zero-order valence-electron chi connectivity index (χ0n) is 9.95. The van der Waals surface area contributed by atoms with E-state index in [2.05, 4.69) is 9.97 Å². The smallest absolute Gasteiger partial charge is 0.161 e. The van der Waals surface area contributed by atoms with Crippen LogP contribution in [0.15, 0.2) is 24.3 Å². The summed E-state index contributed by atoms with van der Waals surface area (Å²) in [5.41, 5.74) is 2.49. The molecule has 2 aromatic rings. The minimum Gasteiger partial charge on any atom is -0.233 e. The molecule has 1 aliphatic carbocycles. The third-order valence-corrected chi connectivity index (χ3v) is 3.20. The fourth-order valence-electron chi connectivity index (χ4n) is 2.02. The van der Waals surface area contributed by atoms with Gasteiger partial charge in [0.25, 0.3) is 0 Å². The lowest BCUT2D eigenvalue weighted by Gasteiger charge is -2.05. The van der Waals surface area contributed by atoms with Crippen molar-refractivity contribution in [2.75, 3.05) is 0 Å². The third-order valence-electron chi connectivity index (χ3n) is 3.01. The quantitative estimate of drug-likeness (QED) is 0.761. The van der Waals surface area contributed by atoms with Gasteiger partial charge in [-0.05, 0) is 49.6 Å². The second kappa shape index (κ2) is 4.32. The molecule has 92 valence electrons. The van der Waals surface area contributed by atoms with Crippen LogP contribution in [0.4, 0.5) is 4.39 Å². The van der Waals surface area contributed by atoms with Crippen LogP contribution in [0.5, 0.6) is 0 Å². The molecule has 4 heteroatoms. The third kappa shape index (κ3) is 2.36. The Bertz CT molecular complexity index is 588. The first kappa shape index (κ1) is 11.6. The highest BCUT2D eigenvalue weighted by molar-refractivity contribution is 6.29. The summed E-state index contributed by atoms with van der Waals surface area (Å²) in [6.07, 6.45) is 2.30. The first-order chi connectivity index (χ1) is 8.61. The van der Waals surface area contributed by atoms with Crippen molar-refractivity contribution in [3.63, 3.8) is 0 Å². The van der Waals surface area contributed by atoms with Crippen LogP contribution in [0, 0.1) is 12.7 Å². The van der Waals surface area contributed by atoms with Gasteiger partial charge in [0.2, 0.25) is 0 Å². The summed E-state index contributed by atoms with van der Waals surface area (Å²) in [6, 6.07) is 6.59. The van der Waals surface area contributed by atoms with Crippen LogP contribution >= 0.6 is 11.6 Å². The zero-order chi connectivity index (χ0) is 12.7. The van der Waals surface area contributed by atoms with Crippen molar-refractivity contribution in [1.82, 2.24) is 9.97 Å². The predicted molar refractivity (Wildman–Crippen MR) is 69.1 cm³/mol. The lowest BCUT2D eigenvalue weighted by atomic mass is 10.1. The Morgan fingerprint density at radius 3 is 2.61 bits per heavy atom. The lowest BCUT2D eigenvalue weighted by Crippen LogP contribution is -1.96. The number of rotatable bonds is 2. The van der Waals surface area contributed by atoms with Gasteiger partial charge < -0.3 is 0 Å². The Hall–Kier alpha value is -1.48. The molecule has 0 radical (unpaired) electrons. The fourth-order valence-corrected chi connectivity index (χ4v) is 2.21. The molecule has 3 rings (SSSR count). The first-order valence-electron chi connectivity index (χ1n) is 5.94. The standard InChI is InChI=1S/C14H12ClFN2/c1-8-4-10(6-11(16)5-8)14-17-12(9-2-3-9)7-13(15)18-14/h4-7,9H,2-3H2,1H3. The maximum atomic E-state index is 13.4. The highest BCUT2D eigenvalue weighted by Gasteiger charge is 2.26. The SMILES string of the molecule is Cc1cc(F)cc(-c2nc(Cl)cc(C3CC3)n2)c1. The van der Waals surface area contributed by atoms with Gasteiger partial charge >= 0.3 is 0 Å². The number of halogens is 2. The Balaban J connectivity index is 2.09. The van der Waals surface area contributed by atoms with E-state index in [1.165, 1.54) is 12.1 Å². The summed E-state index contributed by atoms with van der Waals surface area (Å²) >= 11 is 6.01. The average Bonchev–Trinajstić information content (AvgIpc) is 3.10. The van der Waals surface area contributed by atoms with Gasteiger partial charge in [0, 0.05) is 17.2 Å². The topological polar surface area (TPSA) is 25.8 Å². The van der Waals surface area contributed by atoms with Gasteiger partial charge in [0.05, 0.1) is 0 Å². The van der Waals surface area contributed by atoms with E-state index in [-0.39, 0.29) is 5.82 Å². The van der Waals surface area contributed by atoms with Gasteiger partial charge in [0.15, 0.2) is 5.82 Å². The van der Waals surface area contributed by atoms with Crippen molar-refractivity contribution in [2.24, 2.45) is 0 Å². The summed E-state index contributed by atoms with van der Waals surface area (Å²) in [6.45, 7) is 1.85. The molecule has 1 saturated carbocycles. The molecule has 1 aliphatic rings. The summed E-state index contributed by atoms with van der Waals surface area (Å²) in [4.78, 5) is 8.67. The Morgan fingerprint density at radius 2 is 1.94 bits per heavy atom. The van der Waals surface area contributed by atoms with Crippen molar-refractivity contribution in [3.8, 4) is 11.4 Å². The van der Waals surface area contributed by atoms with Crippen LogP contribution in [-0.4, -0.2) is 9.97 Å². The van der Waals surface area contributed by atoms with Gasteiger partial charge in [0.1, 0.15) is 11.0 Å². The van der Waals surface area contributed by atoms with Crippen LogP contribution in [-0.2, 0) is 0 Å². The van der Waals surface area contributed by atoms with E-state index < -0.39 is 0 Å². The molecule has 0 amide bonds. The highest BCUT2D eigenvalue weighted by Crippen LogP contribution is 2.40. The molecular formula is C14H12ClFN2. The second-order valence-electron chi connectivity index (χ2n) is 4.73. The number of aryl methyl sites for hydroxylation is 1. The van der Waals surface area contributed by atoms with E-state index in [1.807, 2.05) is 13.0 Å². The highest BCUT2D eigenvalue weighted by atomic mass is 35.5. The summed E-state index contributed by atoms with van der Waals surface area (Å²) < 4.78 is 13.4. The molecule has 1 aromatic heterocycles. The summed E-state index contributed by atoms with van der Waals surface area (Å²) in [5, 5.41) is 0.420. The Labute approximate surface area is 110 Å². The van der Waals surface area contributed by atoms with Crippen molar-refractivity contribution in [3.05, 3.63) is 46.5 Å². The average molecular weight is 263 g/mol. The van der Waals surface area contributed by atoms with Gasteiger partial charge in [-0.15, -0.1) is 0 Å². The van der Waals surface area contributed by atoms with Gasteiger partial charge in [-0.3, -0.25) is 0 Å². The molecule has 0 spiro atoms. The minimum atomic E-state index is -0.276. The predicted octanol–water partition coefficient (Wildman–Crippen LogP) is 4.12. The van der Waals surface area contributed by atoms with E-state index in [9.17, 15) is 4.39 Å². The number of benzene rings is 1. The molecule has 0 atom stereocenters. The maximum absolute atomic E-state index is 13.4. The Kier molecular flexibility index (Phi) is 2.78. The molecule has 0 aliphatic heterocycles. The second-order valence-corrected chi connectivity index (χ2v) is 5.12. The van der Waals surface area contributed by atoms with E-state index in [0.29, 0.717) is 22.5 Å². The van der Waals surface area contributed by atoms with E-state index in [4.69, 9.17) is 11.6 Å². The van der Waals surface area contributed by atoms with E-state index >= 15 is 0 Å². The van der Waals surface area contributed by atoms with Crippen LogP contribution in [0.1, 0.15) is 30.0 Å². The normalized spacial score (nSPS) is 14.8. The lowest BCUT2D eigenvalue weighted by molar-refractivity contribution is 0.627. The largest absolute Gasteiger partial charge is 0.233 e. The van der Waals surface area contributed by atoms with Gasteiger partial charge in [-0.2, -0.15) is 0 Å². The van der Waals surface area contributed by atoms with Gasteiger partial charge in [-0.25, -0.2) is 14.4 Å². The molecule has 0 N–H and O–H groups in total. The van der Waals surface area contributed by atoms with E-state index in [1.54, 1.807) is 6.07 Å².